The van der Waals surface area contributed by atoms with Gasteiger partial charge in [0, 0.05) is 25.7 Å². The first kappa shape index (κ1) is 92.1. The van der Waals surface area contributed by atoms with Gasteiger partial charge in [-0.15, -0.1) is 0 Å². The molecule has 558 valence electrons. The Morgan fingerprint density at radius 1 is 0.298 bits per heavy atom. The zero-order chi connectivity index (χ0) is 69.6. The third-order valence-electron chi connectivity index (χ3n) is 18.0. The molecular weight excluding hydrogens is 1230 g/mol. The topological polar surface area (TPSA) is 237 Å². The molecule has 17 nitrogen and oxygen atoms in total. The number of aliphatic hydroxyl groups excluding tert-OH is 1. The molecule has 0 aromatic rings. The molecule has 0 fully saturated rings. The largest absolute Gasteiger partial charge is 0.472 e. The summed E-state index contributed by atoms with van der Waals surface area (Å²) in [6.07, 6.45) is 48.6. The maximum atomic E-state index is 13.1. The first-order valence-electron chi connectivity index (χ1n) is 38.8. The molecule has 7 atom stereocenters. The number of carbonyl (C=O) groups is 4. The molecule has 0 amide bonds. The van der Waals surface area contributed by atoms with Crippen molar-refractivity contribution < 1.29 is 80.2 Å². The predicted octanol–water partition coefficient (Wildman–Crippen LogP) is 21.7. The van der Waals surface area contributed by atoms with Gasteiger partial charge in [0.05, 0.1) is 26.4 Å². The third kappa shape index (κ3) is 66.0. The zero-order valence-corrected chi connectivity index (χ0v) is 63.4. The third-order valence-corrected chi connectivity index (χ3v) is 19.9. The number of rotatable bonds is 72. The minimum atomic E-state index is -4.96. The lowest BCUT2D eigenvalue weighted by Crippen LogP contribution is -2.30. The Hall–Kier alpha value is -1.94. The number of unbranched alkanes of at least 4 members (excludes halogenated alkanes) is 36. The Labute approximate surface area is 575 Å². The maximum absolute atomic E-state index is 13.1. The van der Waals surface area contributed by atoms with E-state index in [0.29, 0.717) is 25.7 Å². The average Bonchev–Trinajstić information content (AvgIpc) is 1.98. The molecule has 0 spiro atoms. The summed E-state index contributed by atoms with van der Waals surface area (Å²) in [6, 6.07) is 0. The van der Waals surface area contributed by atoms with Crippen LogP contribution < -0.4 is 0 Å². The first-order chi connectivity index (χ1) is 45.2. The van der Waals surface area contributed by atoms with Crippen molar-refractivity contribution in [1.82, 2.24) is 0 Å². The number of hydrogen-bond donors (Lipinski definition) is 3. The Bertz CT molecular complexity index is 1850. The van der Waals surface area contributed by atoms with Crippen molar-refractivity contribution in [3.05, 3.63) is 0 Å². The minimum Gasteiger partial charge on any atom is -0.462 e. The normalized spacial score (nSPS) is 14.7. The number of ether oxygens (including phenoxy) is 4. The van der Waals surface area contributed by atoms with Crippen molar-refractivity contribution in [2.24, 2.45) is 23.7 Å². The van der Waals surface area contributed by atoms with Crippen LogP contribution in [-0.4, -0.2) is 96.7 Å². The first-order valence-corrected chi connectivity index (χ1v) is 41.8. The predicted molar refractivity (Wildman–Crippen MR) is 381 cm³/mol. The molecule has 0 aromatic heterocycles. The van der Waals surface area contributed by atoms with Crippen molar-refractivity contribution in [3.8, 4) is 0 Å². The van der Waals surface area contributed by atoms with E-state index in [4.69, 9.17) is 37.0 Å². The van der Waals surface area contributed by atoms with Gasteiger partial charge < -0.3 is 33.8 Å². The highest BCUT2D eigenvalue weighted by Crippen LogP contribution is 2.45. The number of esters is 4. The summed E-state index contributed by atoms with van der Waals surface area (Å²) >= 11 is 0. The van der Waals surface area contributed by atoms with Gasteiger partial charge in [0.1, 0.15) is 19.3 Å². The van der Waals surface area contributed by atoms with Crippen LogP contribution in [0.2, 0.25) is 0 Å². The molecule has 0 aliphatic carbocycles. The van der Waals surface area contributed by atoms with Crippen LogP contribution in [0.5, 0.6) is 0 Å². The molecule has 0 aliphatic heterocycles. The Morgan fingerprint density at radius 2 is 0.511 bits per heavy atom. The van der Waals surface area contributed by atoms with Crippen LogP contribution in [-0.2, 0) is 65.4 Å². The van der Waals surface area contributed by atoms with Gasteiger partial charge in [-0.25, -0.2) is 9.13 Å². The quantitative estimate of drug-likeness (QED) is 0.0222. The fraction of sp³-hybridized carbons (Fsp3) is 0.947. The van der Waals surface area contributed by atoms with Crippen LogP contribution >= 0.6 is 15.6 Å². The van der Waals surface area contributed by atoms with Gasteiger partial charge in [-0.2, -0.15) is 0 Å². The van der Waals surface area contributed by atoms with Crippen molar-refractivity contribution in [2.45, 2.75) is 395 Å². The van der Waals surface area contributed by atoms with Crippen molar-refractivity contribution in [2.75, 3.05) is 39.6 Å². The van der Waals surface area contributed by atoms with Crippen LogP contribution in [0.25, 0.3) is 0 Å². The van der Waals surface area contributed by atoms with Crippen molar-refractivity contribution in [3.63, 3.8) is 0 Å². The second-order valence-corrected chi connectivity index (χ2v) is 31.4. The van der Waals surface area contributed by atoms with Crippen molar-refractivity contribution >= 4 is 39.5 Å². The van der Waals surface area contributed by atoms with E-state index in [1.807, 2.05) is 0 Å². The second-order valence-electron chi connectivity index (χ2n) is 28.5. The molecule has 0 rings (SSSR count). The fourth-order valence-corrected chi connectivity index (χ4v) is 12.9. The highest BCUT2D eigenvalue weighted by Gasteiger charge is 2.30. The van der Waals surface area contributed by atoms with E-state index in [1.165, 1.54) is 173 Å². The van der Waals surface area contributed by atoms with E-state index in [2.05, 4.69) is 55.4 Å². The van der Waals surface area contributed by atoms with Gasteiger partial charge in [0.2, 0.25) is 0 Å². The maximum Gasteiger partial charge on any atom is 0.472 e. The fourth-order valence-electron chi connectivity index (χ4n) is 11.3. The SMILES string of the molecule is CCC(C)CCCCCCCCCCC(=O)O[C@H](COC(=O)CCCCCCCCCCCCC(C)C)COP(=O)(O)OC[C@@H](O)COP(=O)(O)OC[C@@H](COC(=O)CCCCCCCCC(C)CC)OC(=O)CCCCCCCCCCCCCCCCCCC(C)C. The van der Waals surface area contributed by atoms with E-state index < -0.39 is 97.5 Å². The van der Waals surface area contributed by atoms with Crippen LogP contribution in [0.15, 0.2) is 0 Å². The molecule has 0 bridgehead atoms. The molecule has 0 aliphatic rings. The van der Waals surface area contributed by atoms with E-state index >= 15 is 0 Å². The van der Waals surface area contributed by atoms with Crippen molar-refractivity contribution in [1.29, 1.82) is 0 Å². The highest BCUT2D eigenvalue weighted by atomic mass is 31.2. The number of phosphoric ester groups is 2. The second kappa shape index (κ2) is 64.4. The number of carbonyl (C=O) groups excluding carboxylic acids is 4. The van der Waals surface area contributed by atoms with E-state index in [0.717, 1.165) is 120 Å². The van der Waals surface area contributed by atoms with Crippen LogP contribution in [0, 0.1) is 23.7 Å². The summed E-state index contributed by atoms with van der Waals surface area (Å²) in [5.74, 6) is 0.943. The standard InChI is InChI=1S/C75H146O17P2/c1-9-67(7)53-45-37-29-25-26-32-42-50-58-75(80)92-70(61-85-72(77)55-47-39-30-23-20-19-22-28-36-44-52-66(5)6)63-89-93(81,82)87-59-69(76)60-88-94(83,84)90-64-71(62-86-73(78)56-48-40-34-33-38-46-54-68(8)10-2)91-74(79)57-49-41-31-24-18-16-14-12-11-13-15-17-21-27-35-43-51-65(3)4/h65-71,76H,9-64H2,1-8H3,(H,81,82)(H,83,84)/t67?,68?,69-,70-,71-/m1/s1. The lowest BCUT2D eigenvalue weighted by Gasteiger charge is -2.21. The summed E-state index contributed by atoms with van der Waals surface area (Å²) < 4.78 is 68.5. The van der Waals surface area contributed by atoms with E-state index in [1.54, 1.807) is 0 Å². The lowest BCUT2D eigenvalue weighted by atomic mass is 9.99. The van der Waals surface area contributed by atoms with Gasteiger partial charge in [0.25, 0.3) is 0 Å². The average molecular weight is 1380 g/mol. The number of hydrogen-bond acceptors (Lipinski definition) is 15. The zero-order valence-electron chi connectivity index (χ0n) is 61.6. The summed E-state index contributed by atoms with van der Waals surface area (Å²) in [5.41, 5.74) is 0. The van der Waals surface area contributed by atoms with E-state index in [-0.39, 0.29) is 25.7 Å². The Kier molecular flexibility index (Phi) is 63.1. The molecular formula is C75H146O17P2. The minimum absolute atomic E-state index is 0.104. The summed E-state index contributed by atoms with van der Waals surface area (Å²) in [6.45, 7) is 14.2. The van der Waals surface area contributed by atoms with Crippen LogP contribution in [0.3, 0.4) is 0 Å². The smallest absolute Gasteiger partial charge is 0.462 e. The Morgan fingerprint density at radius 3 is 0.755 bits per heavy atom. The van der Waals surface area contributed by atoms with Gasteiger partial charge in [-0.1, -0.05) is 325 Å². The van der Waals surface area contributed by atoms with Crippen LogP contribution in [0.1, 0.15) is 376 Å². The molecule has 3 N–H and O–H groups in total. The molecule has 0 aromatic carbocycles. The van der Waals surface area contributed by atoms with Gasteiger partial charge in [-0.3, -0.25) is 37.3 Å². The summed E-state index contributed by atoms with van der Waals surface area (Å²) in [7, 11) is -9.91. The lowest BCUT2D eigenvalue weighted by molar-refractivity contribution is -0.161. The van der Waals surface area contributed by atoms with Crippen LogP contribution in [0.4, 0.5) is 0 Å². The number of aliphatic hydroxyl groups is 1. The molecule has 0 saturated carbocycles. The molecule has 4 unspecified atom stereocenters. The monoisotopic (exact) mass is 1380 g/mol. The van der Waals surface area contributed by atoms with E-state index in [9.17, 15) is 43.2 Å². The molecule has 0 saturated heterocycles. The number of phosphoric acid groups is 2. The Balaban J connectivity index is 5.23. The highest BCUT2D eigenvalue weighted by molar-refractivity contribution is 7.47. The summed E-state index contributed by atoms with van der Waals surface area (Å²) in [4.78, 5) is 72.8. The molecule has 19 heteroatoms. The van der Waals surface area contributed by atoms with Gasteiger partial charge >= 0.3 is 39.5 Å². The molecule has 0 radical (unpaired) electrons. The molecule has 94 heavy (non-hydrogen) atoms. The summed E-state index contributed by atoms with van der Waals surface area (Å²) in [5, 5.41) is 10.6. The van der Waals surface area contributed by atoms with Gasteiger partial charge in [-0.05, 0) is 49.4 Å². The van der Waals surface area contributed by atoms with Gasteiger partial charge in [0.15, 0.2) is 12.2 Å². The molecule has 0 heterocycles.